The molecule has 3 nitrogen and oxygen atoms in total. The van der Waals surface area contributed by atoms with E-state index in [2.05, 4.69) is 246 Å². The van der Waals surface area contributed by atoms with Crippen LogP contribution in [0, 0.1) is 0 Å². The van der Waals surface area contributed by atoms with Crippen molar-refractivity contribution in [2.45, 2.75) is 0 Å². The Bertz CT molecular complexity index is 3940. The minimum Gasteiger partial charge on any atom is -0.455 e. The van der Waals surface area contributed by atoms with Crippen molar-refractivity contribution in [3.8, 4) is 39.1 Å². The Morgan fingerprint density at radius 2 is 0.938 bits per heavy atom. The Balaban J connectivity index is 0.963. The zero-order valence-electron chi connectivity index (χ0n) is 35.4. The number of nitrogens with zero attached hydrogens (tertiary/aromatic N) is 2. The number of hydrogen-bond donors (Lipinski definition) is 0. The Morgan fingerprint density at radius 3 is 1.82 bits per heavy atom. The molecule has 0 spiro atoms. The Morgan fingerprint density at radius 1 is 0.323 bits per heavy atom. The predicted octanol–water partition coefficient (Wildman–Crippen LogP) is 17.5. The number of furan rings is 1. The topological polar surface area (TPSA) is 21.3 Å². The fourth-order valence-corrected chi connectivity index (χ4v) is 10.1. The molecule has 0 bridgehead atoms. The number of aromatic nitrogens is 1. The van der Waals surface area contributed by atoms with Gasteiger partial charge >= 0.3 is 0 Å². The molecule has 0 N–H and O–H groups in total. The van der Waals surface area contributed by atoms with Gasteiger partial charge in [0.25, 0.3) is 0 Å². The van der Waals surface area contributed by atoms with Crippen LogP contribution in [0.2, 0.25) is 0 Å². The lowest BCUT2D eigenvalue weighted by molar-refractivity contribution is 0.672. The highest BCUT2D eigenvalue weighted by Gasteiger charge is 2.20. The average Bonchev–Trinajstić information content (AvgIpc) is 3.93. The minimum absolute atomic E-state index is 0.897. The van der Waals surface area contributed by atoms with Crippen molar-refractivity contribution in [2.75, 3.05) is 4.90 Å². The van der Waals surface area contributed by atoms with Gasteiger partial charge in [-0.2, -0.15) is 0 Å². The Kier molecular flexibility index (Phi) is 8.53. The van der Waals surface area contributed by atoms with Crippen molar-refractivity contribution in [3.63, 3.8) is 0 Å². The summed E-state index contributed by atoms with van der Waals surface area (Å²) in [4.78, 5) is 2.40. The van der Waals surface area contributed by atoms with Gasteiger partial charge < -0.3 is 13.9 Å². The molecule has 13 aromatic rings. The normalized spacial score (nSPS) is 11.7. The largest absolute Gasteiger partial charge is 0.455 e. The summed E-state index contributed by atoms with van der Waals surface area (Å²) in [7, 11) is 0. The summed E-state index contributed by atoms with van der Waals surface area (Å²) in [5.74, 6) is 0. The minimum atomic E-state index is 0.897. The molecule has 65 heavy (non-hydrogen) atoms. The van der Waals surface area contributed by atoms with Crippen LogP contribution in [0.5, 0.6) is 0 Å². The van der Waals surface area contributed by atoms with Crippen molar-refractivity contribution in [1.29, 1.82) is 0 Å². The fourth-order valence-electron chi connectivity index (χ4n) is 10.1. The van der Waals surface area contributed by atoms with Gasteiger partial charge in [-0.05, 0) is 123 Å². The van der Waals surface area contributed by atoms with E-state index in [-0.39, 0.29) is 0 Å². The van der Waals surface area contributed by atoms with E-state index in [9.17, 15) is 0 Å². The zero-order valence-corrected chi connectivity index (χ0v) is 35.4. The zero-order chi connectivity index (χ0) is 42.8. The summed E-state index contributed by atoms with van der Waals surface area (Å²) in [6.45, 7) is 0. The third-order valence-electron chi connectivity index (χ3n) is 13.2. The number of hydrogen-bond acceptors (Lipinski definition) is 2. The number of rotatable bonds is 7. The molecule has 2 heterocycles. The molecule has 0 amide bonds. The van der Waals surface area contributed by atoms with E-state index in [1.165, 1.54) is 54.8 Å². The highest BCUT2D eigenvalue weighted by Crippen LogP contribution is 2.44. The summed E-state index contributed by atoms with van der Waals surface area (Å²) in [6, 6.07) is 87.7. The summed E-state index contributed by atoms with van der Waals surface area (Å²) < 4.78 is 8.97. The van der Waals surface area contributed by atoms with Gasteiger partial charge in [-0.1, -0.05) is 164 Å². The van der Waals surface area contributed by atoms with Crippen molar-refractivity contribution < 1.29 is 4.42 Å². The van der Waals surface area contributed by atoms with Crippen LogP contribution in [0.1, 0.15) is 0 Å². The number of anilines is 3. The second-order valence-electron chi connectivity index (χ2n) is 16.9. The van der Waals surface area contributed by atoms with Crippen molar-refractivity contribution >= 4 is 82.4 Å². The van der Waals surface area contributed by atoms with Crippen LogP contribution in [0.4, 0.5) is 17.1 Å². The fraction of sp³-hybridized carbons (Fsp3) is 0. The molecule has 0 fully saturated rings. The smallest absolute Gasteiger partial charge is 0.143 e. The molecule has 0 saturated carbocycles. The lowest BCUT2D eigenvalue weighted by Gasteiger charge is -2.27. The summed E-state index contributed by atoms with van der Waals surface area (Å²) in [5, 5.41) is 9.39. The maximum Gasteiger partial charge on any atom is 0.143 e. The van der Waals surface area contributed by atoms with Crippen molar-refractivity contribution in [1.82, 2.24) is 4.57 Å². The first-order valence-electron chi connectivity index (χ1n) is 22.2. The molecular weight excluding hydrogens is 789 g/mol. The SMILES string of the molecule is c1ccc(-c2cccc3ccc(-c4ccc(N(c5cccc(-c6ccc7c(c6)c6ccccc6n7-c6ccccc6)c5)c5cccc6c5ccc5c7ccccc7oc65)cc4)cc23)cc1. The quantitative estimate of drug-likeness (QED) is 0.160. The third kappa shape index (κ3) is 6.12. The number of para-hydroxylation sites is 3. The van der Waals surface area contributed by atoms with Gasteiger partial charge in [-0.25, -0.2) is 0 Å². The van der Waals surface area contributed by atoms with Crippen LogP contribution in [0.15, 0.2) is 247 Å². The highest BCUT2D eigenvalue weighted by atomic mass is 16.3. The standard InChI is InChI=1S/C62H40N2O/c1-3-14-42(15-4-1)50-23-12-16-43-28-29-45(39-56(43)50)41-30-33-48(34-31-41)63(58-26-13-24-54-52(58)35-36-55-53-22-8-10-27-61(53)65-62(54)55)49-20-11-17-44(38-49)46-32-37-60-57(40-46)51-21-7-9-25-59(51)64(60)47-18-5-2-6-19-47/h1-40H. The summed E-state index contributed by atoms with van der Waals surface area (Å²) in [5.41, 5.74) is 15.7. The van der Waals surface area contributed by atoms with Crippen LogP contribution in [0.3, 0.4) is 0 Å². The van der Waals surface area contributed by atoms with Gasteiger partial charge in [0.1, 0.15) is 11.2 Å². The Hall–Kier alpha value is -8.66. The second kappa shape index (κ2) is 15.0. The molecule has 0 atom stereocenters. The monoisotopic (exact) mass is 828 g/mol. The van der Waals surface area contributed by atoms with E-state index in [1.807, 2.05) is 6.07 Å². The van der Waals surface area contributed by atoms with Crippen LogP contribution in [-0.2, 0) is 0 Å². The van der Waals surface area contributed by atoms with E-state index in [1.54, 1.807) is 0 Å². The molecule has 3 heteroatoms. The highest BCUT2D eigenvalue weighted by molar-refractivity contribution is 6.18. The third-order valence-corrected chi connectivity index (χ3v) is 13.2. The summed E-state index contributed by atoms with van der Waals surface area (Å²) >= 11 is 0. The van der Waals surface area contributed by atoms with Gasteiger partial charge in [-0.15, -0.1) is 0 Å². The van der Waals surface area contributed by atoms with E-state index in [4.69, 9.17) is 4.42 Å². The average molecular weight is 829 g/mol. The van der Waals surface area contributed by atoms with Gasteiger partial charge in [-0.3, -0.25) is 0 Å². The molecule has 11 aromatic carbocycles. The van der Waals surface area contributed by atoms with E-state index in [0.29, 0.717) is 0 Å². The molecule has 0 aliphatic carbocycles. The molecule has 2 aromatic heterocycles. The lowest BCUT2D eigenvalue weighted by Crippen LogP contribution is -2.10. The maximum atomic E-state index is 6.60. The van der Waals surface area contributed by atoms with Crippen LogP contribution >= 0.6 is 0 Å². The first-order valence-corrected chi connectivity index (χ1v) is 22.2. The van der Waals surface area contributed by atoms with Crippen LogP contribution in [0.25, 0.3) is 104 Å². The van der Waals surface area contributed by atoms with Crippen LogP contribution < -0.4 is 4.90 Å². The van der Waals surface area contributed by atoms with E-state index < -0.39 is 0 Å². The van der Waals surface area contributed by atoms with Gasteiger partial charge in [0, 0.05) is 49.4 Å². The molecule has 0 aliphatic rings. The van der Waals surface area contributed by atoms with Crippen LogP contribution in [-0.4, -0.2) is 4.57 Å². The van der Waals surface area contributed by atoms with E-state index >= 15 is 0 Å². The first-order chi connectivity index (χ1) is 32.2. The van der Waals surface area contributed by atoms with Gasteiger partial charge in [0.15, 0.2) is 0 Å². The van der Waals surface area contributed by atoms with Gasteiger partial charge in [0.2, 0.25) is 0 Å². The molecule has 304 valence electrons. The van der Waals surface area contributed by atoms with Crippen molar-refractivity contribution in [2.24, 2.45) is 0 Å². The number of fused-ring (bicyclic) bond motifs is 9. The van der Waals surface area contributed by atoms with Crippen molar-refractivity contribution in [3.05, 3.63) is 243 Å². The summed E-state index contributed by atoms with van der Waals surface area (Å²) in [6.07, 6.45) is 0. The van der Waals surface area contributed by atoms with E-state index in [0.717, 1.165) is 66.6 Å². The van der Waals surface area contributed by atoms with Gasteiger partial charge in [0.05, 0.1) is 16.7 Å². The molecule has 0 unspecified atom stereocenters. The molecular formula is C62H40N2O. The molecule has 0 radical (unpaired) electrons. The molecule has 0 aliphatic heterocycles. The second-order valence-corrected chi connectivity index (χ2v) is 16.9. The number of benzene rings is 11. The molecule has 0 saturated heterocycles. The Labute approximate surface area is 376 Å². The lowest BCUT2D eigenvalue weighted by atomic mass is 9.94. The molecule has 13 rings (SSSR count). The predicted molar refractivity (Wildman–Crippen MR) is 274 cm³/mol. The first kappa shape index (κ1) is 36.9. The maximum absolute atomic E-state index is 6.60.